The van der Waals surface area contributed by atoms with Crippen LogP contribution in [0.1, 0.15) is 50.8 Å². The van der Waals surface area contributed by atoms with Crippen molar-refractivity contribution in [3.63, 3.8) is 0 Å². The fourth-order valence-electron chi connectivity index (χ4n) is 3.01. The summed E-state index contributed by atoms with van der Waals surface area (Å²) in [6.45, 7) is 7.90. The number of nitrogens with zero attached hydrogens (tertiary/aromatic N) is 1. The van der Waals surface area contributed by atoms with Crippen LogP contribution >= 0.6 is 0 Å². The van der Waals surface area contributed by atoms with E-state index in [-0.39, 0.29) is 29.3 Å². The summed E-state index contributed by atoms with van der Waals surface area (Å²) in [5.41, 5.74) is 7.72. The van der Waals surface area contributed by atoms with Gasteiger partial charge in [-0.15, -0.1) is 0 Å². The highest BCUT2D eigenvalue weighted by atomic mass is 19.1. The van der Waals surface area contributed by atoms with Gasteiger partial charge in [0.1, 0.15) is 5.82 Å². The molecule has 3 nitrogen and oxygen atoms in total. The van der Waals surface area contributed by atoms with Gasteiger partial charge in [-0.25, -0.2) is 4.39 Å². The van der Waals surface area contributed by atoms with Gasteiger partial charge in [0.25, 0.3) is 0 Å². The van der Waals surface area contributed by atoms with Gasteiger partial charge in [-0.3, -0.25) is 4.79 Å². The number of carbonyl (C=O) groups is 1. The Morgan fingerprint density at radius 1 is 1.35 bits per heavy atom. The van der Waals surface area contributed by atoms with Crippen molar-refractivity contribution >= 4 is 5.91 Å². The van der Waals surface area contributed by atoms with Crippen LogP contribution in [0.4, 0.5) is 4.39 Å². The van der Waals surface area contributed by atoms with Gasteiger partial charge in [0.2, 0.25) is 5.91 Å². The molecule has 1 fully saturated rings. The van der Waals surface area contributed by atoms with Crippen molar-refractivity contribution in [2.75, 3.05) is 0 Å². The van der Waals surface area contributed by atoms with Gasteiger partial charge in [-0.05, 0) is 57.4 Å². The molecule has 1 amide bonds. The third-order valence-electron chi connectivity index (χ3n) is 3.93. The van der Waals surface area contributed by atoms with Crippen molar-refractivity contribution in [1.29, 1.82) is 0 Å². The van der Waals surface area contributed by atoms with E-state index in [1.54, 1.807) is 6.07 Å². The normalized spacial score (nSPS) is 24.1. The molecule has 0 aromatic heterocycles. The maximum Gasteiger partial charge on any atom is 0.223 e. The SMILES string of the molecule is Cc1ccc(F)cc1C1C(N)CCC(=O)N1C(C)(C)C. The third kappa shape index (κ3) is 2.70. The number of halogens is 1. The summed E-state index contributed by atoms with van der Waals surface area (Å²) in [7, 11) is 0. The number of piperidine rings is 1. The molecule has 2 N–H and O–H groups in total. The number of rotatable bonds is 1. The Labute approximate surface area is 120 Å². The smallest absolute Gasteiger partial charge is 0.223 e. The third-order valence-corrected chi connectivity index (χ3v) is 3.93. The molecule has 0 saturated carbocycles. The molecule has 4 heteroatoms. The Morgan fingerprint density at radius 2 is 2.00 bits per heavy atom. The number of nitrogens with two attached hydrogens (primary N) is 1. The minimum Gasteiger partial charge on any atom is -0.329 e. The van der Waals surface area contributed by atoms with Crippen LogP contribution in [0.25, 0.3) is 0 Å². The molecule has 1 saturated heterocycles. The Kier molecular flexibility index (Phi) is 3.87. The second-order valence-electron chi connectivity index (χ2n) is 6.58. The van der Waals surface area contributed by atoms with Crippen LogP contribution in [0.2, 0.25) is 0 Å². The Morgan fingerprint density at radius 3 is 2.60 bits per heavy atom. The van der Waals surface area contributed by atoms with Crippen molar-refractivity contribution in [1.82, 2.24) is 4.90 Å². The number of likely N-dealkylation sites (tertiary alicyclic amines) is 1. The zero-order chi connectivity index (χ0) is 15.1. The van der Waals surface area contributed by atoms with Gasteiger partial charge in [0.15, 0.2) is 0 Å². The number of amides is 1. The molecule has 0 aliphatic carbocycles. The molecule has 0 bridgehead atoms. The largest absolute Gasteiger partial charge is 0.329 e. The lowest BCUT2D eigenvalue weighted by atomic mass is 9.85. The molecule has 2 rings (SSSR count). The molecule has 1 aromatic carbocycles. The molecular formula is C16H23FN2O. The van der Waals surface area contributed by atoms with Gasteiger partial charge in [-0.1, -0.05) is 6.07 Å². The van der Waals surface area contributed by atoms with Crippen molar-refractivity contribution in [3.8, 4) is 0 Å². The van der Waals surface area contributed by atoms with Gasteiger partial charge in [0.05, 0.1) is 6.04 Å². The maximum absolute atomic E-state index is 13.6. The monoisotopic (exact) mass is 278 g/mol. The maximum atomic E-state index is 13.6. The molecule has 1 aliphatic heterocycles. The van der Waals surface area contributed by atoms with Gasteiger partial charge >= 0.3 is 0 Å². The average Bonchev–Trinajstić information content (AvgIpc) is 2.33. The number of hydrogen-bond acceptors (Lipinski definition) is 2. The van der Waals surface area contributed by atoms with Gasteiger partial charge < -0.3 is 10.6 Å². The van der Waals surface area contributed by atoms with Crippen molar-refractivity contribution in [3.05, 3.63) is 35.1 Å². The predicted octanol–water partition coefficient (Wildman–Crippen LogP) is 2.92. The zero-order valence-electron chi connectivity index (χ0n) is 12.6. The van der Waals surface area contributed by atoms with Crippen molar-refractivity contribution in [2.45, 2.75) is 58.2 Å². The summed E-state index contributed by atoms with van der Waals surface area (Å²) in [4.78, 5) is 14.2. The fourth-order valence-corrected chi connectivity index (χ4v) is 3.01. The molecule has 1 aliphatic rings. The first kappa shape index (κ1) is 15.0. The molecule has 2 atom stereocenters. The second kappa shape index (κ2) is 5.17. The minimum atomic E-state index is -0.335. The van der Waals surface area contributed by atoms with Crippen molar-refractivity contribution < 1.29 is 9.18 Å². The number of aryl methyl sites for hydroxylation is 1. The first-order chi connectivity index (χ1) is 9.21. The summed E-state index contributed by atoms with van der Waals surface area (Å²) >= 11 is 0. The van der Waals surface area contributed by atoms with Crippen LogP contribution in [0.15, 0.2) is 18.2 Å². The highest BCUT2D eigenvalue weighted by molar-refractivity contribution is 5.78. The first-order valence-corrected chi connectivity index (χ1v) is 7.05. The van der Waals surface area contributed by atoms with Crippen LogP contribution in [0.5, 0.6) is 0 Å². The van der Waals surface area contributed by atoms with Gasteiger partial charge in [-0.2, -0.15) is 0 Å². The van der Waals surface area contributed by atoms with E-state index in [0.29, 0.717) is 12.8 Å². The summed E-state index contributed by atoms with van der Waals surface area (Å²) in [6, 6.07) is 4.28. The van der Waals surface area contributed by atoms with E-state index in [2.05, 4.69) is 0 Å². The molecule has 0 spiro atoms. The molecule has 20 heavy (non-hydrogen) atoms. The number of hydrogen-bond donors (Lipinski definition) is 1. The highest BCUT2D eigenvalue weighted by Crippen LogP contribution is 2.37. The van der Waals surface area contributed by atoms with Crippen LogP contribution in [0, 0.1) is 12.7 Å². The molecule has 0 radical (unpaired) electrons. The zero-order valence-corrected chi connectivity index (χ0v) is 12.6. The second-order valence-corrected chi connectivity index (χ2v) is 6.58. The van der Waals surface area contributed by atoms with Gasteiger partial charge in [0, 0.05) is 18.0 Å². The summed E-state index contributed by atoms with van der Waals surface area (Å²) in [5.74, 6) is -0.197. The van der Waals surface area contributed by atoms with Crippen LogP contribution in [-0.2, 0) is 4.79 Å². The van der Waals surface area contributed by atoms with E-state index in [1.165, 1.54) is 12.1 Å². The molecule has 110 valence electrons. The van der Waals surface area contributed by atoms with Crippen molar-refractivity contribution in [2.24, 2.45) is 5.73 Å². The lowest BCUT2D eigenvalue weighted by molar-refractivity contribution is -0.144. The van der Waals surface area contributed by atoms with Crippen LogP contribution in [0.3, 0.4) is 0 Å². The summed E-state index contributed by atoms with van der Waals surface area (Å²) in [6.07, 6.45) is 1.11. The van der Waals surface area contributed by atoms with E-state index in [0.717, 1.165) is 11.1 Å². The Balaban J connectivity index is 2.53. The first-order valence-electron chi connectivity index (χ1n) is 7.05. The predicted molar refractivity (Wildman–Crippen MR) is 77.7 cm³/mol. The minimum absolute atomic E-state index is 0.0906. The molecular weight excluding hydrogens is 255 g/mol. The Bertz CT molecular complexity index is 522. The van der Waals surface area contributed by atoms with E-state index in [1.807, 2.05) is 32.6 Å². The van der Waals surface area contributed by atoms with E-state index in [4.69, 9.17) is 5.73 Å². The molecule has 1 heterocycles. The Hall–Kier alpha value is -1.42. The average molecular weight is 278 g/mol. The van der Waals surface area contributed by atoms with Crippen LogP contribution in [-0.4, -0.2) is 22.4 Å². The quantitative estimate of drug-likeness (QED) is 0.858. The highest BCUT2D eigenvalue weighted by Gasteiger charge is 2.41. The number of benzene rings is 1. The lowest BCUT2D eigenvalue weighted by Crippen LogP contribution is -2.56. The summed E-state index contributed by atoms with van der Waals surface area (Å²) < 4.78 is 13.6. The van der Waals surface area contributed by atoms with E-state index >= 15 is 0 Å². The topological polar surface area (TPSA) is 46.3 Å². The number of carbonyl (C=O) groups excluding carboxylic acids is 1. The molecule has 2 unspecified atom stereocenters. The van der Waals surface area contributed by atoms with Crippen LogP contribution < -0.4 is 5.73 Å². The fraction of sp³-hybridized carbons (Fsp3) is 0.562. The molecule has 1 aromatic rings. The standard InChI is InChI=1S/C16H23FN2O/c1-10-5-6-11(17)9-12(10)15-13(18)7-8-14(20)19(15)16(2,3)4/h5-6,9,13,15H,7-8,18H2,1-4H3. The van der Waals surface area contributed by atoms with E-state index in [9.17, 15) is 9.18 Å². The summed E-state index contributed by atoms with van der Waals surface area (Å²) in [5, 5.41) is 0. The lowest BCUT2D eigenvalue weighted by Gasteiger charge is -2.47. The van der Waals surface area contributed by atoms with E-state index < -0.39 is 0 Å².